The smallest absolute Gasteiger partial charge is 0.240 e. The quantitative estimate of drug-likeness (QED) is 0.707. The van der Waals surface area contributed by atoms with Crippen LogP contribution in [0.2, 0.25) is 0 Å². The summed E-state index contributed by atoms with van der Waals surface area (Å²) < 4.78 is 14.8. The van der Waals surface area contributed by atoms with Gasteiger partial charge in [-0.2, -0.15) is 0 Å². The summed E-state index contributed by atoms with van der Waals surface area (Å²) in [5.41, 5.74) is 1.60. The van der Waals surface area contributed by atoms with Gasteiger partial charge >= 0.3 is 0 Å². The first-order valence-corrected chi connectivity index (χ1v) is 9.61. The lowest BCUT2D eigenvalue weighted by Crippen LogP contribution is -2.41. The molecule has 0 aromatic heterocycles. The molecular weight excluding hydrogens is 387 g/mol. The Hall–Kier alpha value is -1.24. The first kappa shape index (κ1) is 20.1. The van der Waals surface area contributed by atoms with E-state index in [1.165, 1.54) is 12.5 Å². The first-order chi connectivity index (χ1) is 12.0. The van der Waals surface area contributed by atoms with Crippen LogP contribution < -0.4 is 0 Å². The molecule has 0 unspecified atom stereocenters. The van der Waals surface area contributed by atoms with Gasteiger partial charge in [0.25, 0.3) is 0 Å². The van der Waals surface area contributed by atoms with E-state index >= 15 is 0 Å². The number of allylic oxidation sites excluding steroid dienone is 2. The molecule has 138 valence electrons. The van der Waals surface area contributed by atoms with Crippen LogP contribution in [-0.2, 0) is 11.3 Å². The molecule has 0 fully saturated rings. The van der Waals surface area contributed by atoms with E-state index in [9.17, 15) is 14.3 Å². The summed E-state index contributed by atoms with van der Waals surface area (Å²) >= 11 is 3.35. The van der Waals surface area contributed by atoms with E-state index in [-0.39, 0.29) is 31.4 Å². The average Bonchev–Trinajstić information content (AvgIpc) is 2.60. The monoisotopic (exact) mass is 412 g/mol. The van der Waals surface area contributed by atoms with Crippen molar-refractivity contribution >= 4 is 21.8 Å². The van der Waals surface area contributed by atoms with Crippen molar-refractivity contribution in [3.63, 3.8) is 0 Å². The lowest BCUT2D eigenvalue weighted by molar-refractivity contribution is -0.130. The van der Waals surface area contributed by atoms with Crippen LogP contribution in [0.4, 0.5) is 4.39 Å². The molecule has 25 heavy (non-hydrogen) atoms. The zero-order valence-electron chi connectivity index (χ0n) is 14.7. The number of nitrogens with zero attached hydrogens (tertiary/aromatic N) is 2. The third kappa shape index (κ3) is 5.90. The molecule has 4 nitrogen and oxygen atoms in total. The highest BCUT2D eigenvalue weighted by molar-refractivity contribution is 9.10. The molecule has 0 bridgehead atoms. The van der Waals surface area contributed by atoms with Crippen LogP contribution in [0.5, 0.6) is 0 Å². The van der Waals surface area contributed by atoms with Crippen LogP contribution in [0.15, 0.2) is 34.4 Å². The number of likely N-dealkylation sites (N-methyl/N-ethyl adjacent to an activating group) is 1. The van der Waals surface area contributed by atoms with Crippen molar-refractivity contribution in [1.29, 1.82) is 0 Å². The Labute approximate surface area is 157 Å². The molecule has 6 heteroatoms. The number of carbonyl (C=O) groups is 1. The van der Waals surface area contributed by atoms with Crippen molar-refractivity contribution in [2.45, 2.75) is 39.2 Å². The van der Waals surface area contributed by atoms with Gasteiger partial charge in [-0.05, 0) is 50.8 Å². The van der Waals surface area contributed by atoms with Crippen molar-refractivity contribution in [3.05, 3.63) is 45.8 Å². The van der Waals surface area contributed by atoms with Crippen LogP contribution in [0.3, 0.4) is 0 Å². The Morgan fingerprint density at radius 2 is 2.16 bits per heavy atom. The van der Waals surface area contributed by atoms with Crippen LogP contribution in [-0.4, -0.2) is 47.1 Å². The number of carbonyl (C=O) groups excluding carboxylic acids is 1. The summed E-state index contributed by atoms with van der Waals surface area (Å²) in [7, 11) is 0. The van der Waals surface area contributed by atoms with Crippen molar-refractivity contribution in [1.82, 2.24) is 9.80 Å². The number of hydrogen-bond donors (Lipinski definition) is 1. The summed E-state index contributed by atoms with van der Waals surface area (Å²) in [5.74, 6) is -0.305. The molecular formula is C19H26BrFN2O2. The van der Waals surface area contributed by atoms with E-state index < -0.39 is 0 Å². The fraction of sp³-hybridized carbons (Fsp3) is 0.526. The lowest BCUT2D eigenvalue weighted by Gasteiger charge is -2.29. The molecule has 1 aliphatic rings. The normalized spacial score (nSPS) is 14.5. The highest BCUT2D eigenvalue weighted by Gasteiger charge is 2.21. The lowest BCUT2D eigenvalue weighted by atomic mass is 10.0. The predicted molar refractivity (Wildman–Crippen MR) is 100 cm³/mol. The maximum Gasteiger partial charge on any atom is 0.240 e. The molecule has 0 saturated carbocycles. The minimum atomic E-state index is -0.305. The minimum absolute atomic E-state index is 0.000458. The second-order valence-corrected chi connectivity index (χ2v) is 7.16. The van der Waals surface area contributed by atoms with E-state index in [0.717, 1.165) is 29.4 Å². The maximum atomic E-state index is 14.0. The maximum absolute atomic E-state index is 14.0. The number of aliphatic hydroxyl groups excluding tert-OH is 1. The molecule has 1 aromatic rings. The van der Waals surface area contributed by atoms with Crippen molar-refractivity contribution in [2.24, 2.45) is 0 Å². The molecule has 0 spiro atoms. The van der Waals surface area contributed by atoms with Crippen LogP contribution in [0, 0.1) is 5.82 Å². The summed E-state index contributed by atoms with van der Waals surface area (Å²) in [6, 6.07) is 4.77. The molecule has 2 rings (SSSR count). The predicted octanol–water partition coefficient (Wildman–Crippen LogP) is 3.69. The molecule has 0 saturated heterocycles. The zero-order valence-corrected chi connectivity index (χ0v) is 16.3. The Kier molecular flexibility index (Phi) is 8.06. The molecule has 0 radical (unpaired) electrons. The molecule has 0 heterocycles. The summed E-state index contributed by atoms with van der Waals surface area (Å²) in [6.45, 7) is 3.30. The number of aliphatic hydroxyl groups is 1. The van der Waals surface area contributed by atoms with Gasteiger partial charge in [-0.1, -0.05) is 22.0 Å². The van der Waals surface area contributed by atoms with E-state index in [4.69, 9.17) is 0 Å². The van der Waals surface area contributed by atoms with E-state index in [2.05, 4.69) is 22.0 Å². The summed E-state index contributed by atoms with van der Waals surface area (Å²) in [5, 5.41) is 9.32. The van der Waals surface area contributed by atoms with Gasteiger partial charge in [-0.15, -0.1) is 0 Å². The number of halogens is 2. The Morgan fingerprint density at radius 1 is 1.36 bits per heavy atom. The van der Waals surface area contributed by atoms with Crippen LogP contribution in [0.1, 0.15) is 38.2 Å². The van der Waals surface area contributed by atoms with E-state index in [1.807, 2.05) is 11.8 Å². The van der Waals surface area contributed by atoms with Gasteiger partial charge in [0.05, 0.1) is 13.2 Å². The van der Waals surface area contributed by atoms with Gasteiger partial charge in [-0.25, -0.2) is 4.39 Å². The number of hydrogen-bond acceptors (Lipinski definition) is 3. The highest BCUT2D eigenvalue weighted by atomic mass is 79.9. The molecule has 1 aliphatic carbocycles. The topological polar surface area (TPSA) is 43.8 Å². The minimum Gasteiger partial charge on any atom is -0.395 e. The third-order valence-electron chi connectivity index (χ3n) is 4.41. The Bertz CT molecular complexity index is 621. The van der Waals surface area contributed by atoms with E-state index in [0.29, 0.717) is 18.7 Å². The van der Waals surface area contributed by atoms with Crippen LogP contribution in [0.25, 0.3) is 0 Å². The summed E-state index contributed by atoms with van der Waals surface area (Å²) in [6.07, 6.45) is 6.38. The van der Waals surface area contributed by atoms with Gasteiger partial charge in [0.2, 0.25) is 5.91 Å². The molecule has 1 N–H and O–H groups in total. The van der Waals surface area contributed by atoms with Gasteiger partial charge in [0, 0.05) is 35.4 Å². The fourth-order valence-corrected chi connectivity index (χ4v) is 3.55. The standard InChI is InChI=1S/C19H26BrFN2O2/c1-2-23(17-6-4-3-5-7-17)19(25)14-22(10-11-24)13-15-12-16(20)8-9-18(15)21/h6,8-9,12,24H,2-5,7,10-11,13-14H2,1H3. The number of amides is 1. The Morgan fingerprint density at radius 3 is 2.80 bits per heavy atom. The first-order valence-electron chi connectivity index (χ1n) is 8.81. The molecule has 0 aliphatic heterocycles. The van der Waals surface area contributed by atoms with Crippen molar-refractivity contribution < 1.29 is 14.3 Å². The van der Waals surface area contributed by atoms with Gasteiger partial charge in [-0.3, -0.25) is 9.69 Å². The van der Waals surface area contributed by atoms with Crippen molar-refractivity contribution in [2.75, 3.05) is 26.2 Å². The second-order valence-electron chi connectivity index (χ2n) is 6.25. The zero-order chi connectivity index (χ0) is 18.2. The van der Waals surface area contributed by atoms with Crippen molar-refractivity contribution in [3.8, 4) is 0 Å². The third-order valence-corrected chi connectivity index (χ3v) is 4.90. The van der Waals surface area contributed by atoms with Gasteiger partial charge < -0.3 is 10.0 Å². The second kappa shape index (κ2) is 10.0. The van der Waals surface area contributed by atoms with Crippen LogP contribution >= 0.6 is 15.9 Å². The molecule has 1 amide bonds. The number of rotatable bonds is 8. The number of benzene rings is 1. The molecule has 0 atom stereocenters. The average molecular weight is 413 g/mol. The molecule has 1 aromatic carbocycles. The van der Waals surface area contributed by atoms with Gasteiger partial charge in [0.1, 0.15) is 5.82 Å². The summed E-state index contributed by atoms with van der Waals surface area (Å²) in [4.78, 5) is 16.4. The Balaban J connectivity index is 2.07. The van der Waals surface area contributed by atoms with Gasteiger partial charge in [0.15, 0.2) is 0 Å². The fourth-order valence-electron chi connectivity index (χ4n) is 3.14. The SMILES string of the molecule is CCN(C(=O)CN(CCO)Cc1cc(Br)ccc1F)C1=CCCCC1. The largest absolute Gasteiger partial charge is 0.395 e. The van der Waals surface area contributed by atoms with E-state index in [1.54, 1.807) is 17.0 Å². The highest BCUT2D eigenvalue weighted by Crippen LogP contribution is 2.22.